The van der Waals surface area contributed by atoms with Gasteiger partial charge in [0, 0.05) is 25.5 Å². The first-order chi connectivity index (χ1) is 14.8. The van der Waals surface area contributed by atoms with Crippen molar-refractivity contribution in [3.63, 3.8) is 0 Å². The van der Waals surface area contributed by atoms with Crippen LogP contribution in [0.2, 0.25) is 0 Å². The van der Waals surface area contributed by atoms with Crippen molar-refractivity contribution >= 4 is 0 Å². The summed E-state index contributed by atoms with van der Waals surface area (Å²) in [6.45, 7) is 6.85. The fourth-order valence-electron chi connectivity index (χ4n) is 4.59. The summed E-state index contributed by atoms with van der Waals surface area (Å²) in [7, 11) is 0. The van der Waals surface area contributed by atoms with Gasteiger partial charge in [0.1, 0.15) is 6.17 Å². The molecule has 1 heterocycles. The van der Waals surface area contributed by atoms with Gasteiger partial charge in [0.15, 0.2) is 0 Å². The molecule has 1 unspecified atom stereocenters. The van der Waals surface area contributed by atoms with Gasteiger partial charge in [-0.05, 0) is 24.8 Å². The molecule has 0 amide bonds. The Bertz CT molecular complexity index is 539. The SMILES string of the molecule is CCCCCCCCCCCCCCN1C=CN(Cc2ccccc2)C1CCCC. The second kappa shape index (κ2) is 16.3. The van der Waals surface area contributed by atoms with Gasteiger partial charge in [-0.1, -0.05) is 121 Å². The van der Waals surface area contributed by atoms with E-state index in [1.807, 2.05) is 0 Å². The molecule has 0 saturated heterocycles. The molecule has 1 atom stereocenters. The molecule has 1 aromatic rings. The maximum atomic E-state index is 2.61. The lowest BCUT2D eigenvalue weighted by atomic mass is 10.1. The van der Waals surface area contributed by atoms with Crippen LogP contribution in [0.4, 0.5) is 0 Å². The fraction of sp³-hybridized carbons (Fsp3) is 0.714. The van der Waals surface area contributed by atoms with Crippen molar-refractivity contribution in [1.29, 1.82) is 0 Å². The molecular formula is C28H48N2. The molecule has 0 N–H and O–H groups in total. The Morgan fingerprint density at radius 1 is 0.600 bits per heavy atom. The molecule has 0 fully saturated rings. The topological polar surface area (TPSA) is 6.48 Å². The third kappa shape index (κ3) is 10.0. The lowest BCUT2D eigenvalue weighted by Crippen LogP contribution is -2.38. The molecule has 170 valence electrons. The van der Waals surface area contributed by atoms with Crippen molar-refractivity contribution in [3.8, 4) is 0 Å². The van der Waals surface area contributed by atoms with Crippen molar-refractivity contribution < 1.29 is 0 Å². The highest BCUT2D eigenvalue weighted by atomic mass is 15.4. The van der Waals surface area contributed by atoms with Gasteiger partial charge in [-0.15, -0.1) is 0 Å². The van der Waals surface area contributed by atoms with E-state index in [0.717, 1.165) is 6.54 Å². The summed E-state index contributed by atoms with van der Waals surface area (Å²) in [6, 6.07) is 10.9. The lowest BCUT2D eigenvalue weighted by Gasteiger charge is -2.33. The van der Waals surface area contributed by atoms with Crippen LogP contribution >= 0.6 is 0 Å². The monoisotopic (exact) mass is 412 g/mol. The first-order valence-corrected chi connectivity index (χ1v) is 13.1. The van der Waals surface area contributed by atoms with Gasteiger partial charge in [0.05, 0.1) is 0 Å². The molecule has 30 heavy (non-hydrogen) atoms. The molecule has 0 saturated carbocycles. The van der Waals surface area contributed by atoms with Gasteiger partial charge < -0.3 is 9.80 Å². The van der Waals surface area contributed by atoms with Crippen LogP contribution in [0.1, 0.15) is 116 Å². The Hall–Kier alpha value is -1.44. The number of benzene rings is 1. The van der Waals surface area contributed by atoms with Crippen LogP contribution in [-0.2, 0) is 6.54 Å². The average molecular weight is 413 g/mol. The zero-order valence-corrected chi connectivity index (χ0v) is 20.0. The Labute approximate surface area is 187 Å². The molecule has 1 aromatic carbocycles. The first-order valence-electron chi connectivity index (χ1n) is 13.1. The van der Waals surface area contributed by atoms with E-state index in [-0.39, 0.29) is 0 Å². The Kier molecular flexibility index (Phi) is 13.5. The summed E-state index contributed by atoms with van der Waals surface area (Å²) in [5.74, 6) is 0. The summed E-state index contributed by atoms with van der Waals surface area (Å²) in [4.78, 5) is 5.15. The van der Waals surface area contributed by atoms with E-state index in [9.17, 15) is 0 Å². The molecule has 0 aliphatic carbocycles. The van der Waals surface area contributed by atoms with Gasteiger partial charge in [0.25, 0.3) is 0 Å². The Balaban J connectivity index is 1.57. The molecule has 2 rings (SSSR count). The summed E-state index contributed by atoms with van der Waals surface area (Å²) in [5.41, 5.74) is 1.41. The second-order valence-electron chi connectivity index (χ2n) is 9.21. The number of hydrogen-bond acceptors (Lipinski definition) is 2. The lowest BCUT2D eigenvalue weighted by molar-refractivity contribution is 0.133. The maximum absolute atomic E-state index is 2.61. The number of hydrogen-bond donors (Lipinski definition) is 0. The highest BCUT2D eigenvalue weighted by molar-refractivity contribution is 5.15. The largest absolute Gasteiger partial charge is 0.356 e. The van der Waals surface area contributed by atoms with Crippen LogP contribution in [0, 0.1) is 0 Å². The minimum atomic E-state index is 0.554. The molecule has 0 spiro atoms. The van der Waals surface area contributed by atoms with Gasteiger partial charge in [-0.2, -0.15) is 0 Å². The van der Waals surface area contributed by atoms with E-state index in [1.165, 1.54) is 108 Å². The number of rotatable bonds is 18. The molecular weight excluding hydrogens is 364 g/mol. The zero-order chi connectivity index (χ0) is 21.3. The molecule has 0 radical (unpaired) electrons. The van der Waals surface area contributed by atoms with Crippen molar-refractivity contribution in [2.75, 3.05) is 6.54 Å². The standard InChI is InChI=1S/C28H48N2/c1-3-5-7-8-9-10-11-12-13-14-15-19-23-29-24-25-30(28(29)22-6-4-2)26-27-20-17-16-18-21-27/h16-18,20-21,24-25,28H,3-15,19,22-23,26H2,1-2H3. The molecule has 1 aliphatic heterocycles. The van der Waals surface area contributed by atoms with Crippen molar-refractivity contribution in [2.45, 2.75) is 123 Å². The van der Waals surface area contributed by atoms with Crippen LogP contribution in [0.3, 0.4) is 0 Å². The minimum absolute atomic E-state index is 0.554. The van der Waals surface area contributed by atoms with E-state index in [1.54, 1.807) is 0 Å². The third-order valence-corrected chi connectivity index (χ3v) is 6.51. The zero-order valence-electron chi connectivity index (χ0n) is 20.0. The van der Waals surface area contributed by atoms with E-state index < -0.39 is 0 Å². The normalized spacial score (nSPS) is 16.0. The molecule has 2 heteroatoms. The second-order valence-corrected chi connectivity index (χ2v) is 9.21. The Morgan fingerprint density at radius 3 is 1.73 bits per heavy atom. The van der Waals surface area contributed by atoms with Crippen LogP contribution in [-0.4, -0.2) is 22.5 Å². The molecule has 0 bridgehead atoms. The molecule has 1 aliphatic rings. The average Bonchev–Trinajstić information content (AvgIpc) is 3.14. The van der Waals surface area contributed by atoms with Crippen LogP contribution in [0.15, 0.2) is 42.7 Å². The van der Waals surface area contributed by atoms with Crippen molar-refractivity contribution in [2.24, 2.45) is 0 Å². The van der Waals surface area contributed by atoms with Gasteiger partial charge in [0.2, 0.25) is 0 Å². The summed E-state index contributed by atoms with van der Waals surface area (Å²) in [6.07, 6.45) is 26.2. The summed E-state index contributed by atoms with van der Waals surface area (Å²) < 4.78 is 0. The van der Waals surface area contributed by atoms with E-state index >= 15 is 0 Å². The Morgan fingerprint density at radius 2 is 1.13 bits per heavy atom. The van der Waals surface area contributed by atoms with Crippen LogP contribution < -0.4 is 0 Å². The number of unbranched alkanes of at least 4 members (excludes halogenated alkanes) is 12. The van der Waals surface area contributed by atoms with Crippen LogP contribution in [0.25, 0.3) is 0 Å². The summed E-state index contributed by atoms with van der Waals surface area (Å²) >= 11 is 0. The molecule has 0 aromatic heterocycles. The molecule has 2 nitrogen and oxygen atoms in total. The predicted octanol–water partition coefficient (Wildman–Crippen LogP) is 8.49. The maximum Gasteiger partial charge on any atom is 0.101 e. The first kappa shape index (κ1) is 24.8. The van der Waals surface area contributed by atoms with Crippen molar-refractivity contribution in [1.82, 2.24) is 9.80 Å². The van der Waals surface area contributed by atoms with Crippen molar-refractivity contribution in [3.05, 3.63) is 48.3 Å². The summed E-state index contributed by atoms with van der Waals surface area (Å²) in [5, 5.41) is 0. The van der Waals surface area contributed by atoms with Crippen LogP contribution in [0.5, 0.6) is 0 Å². The highest BCUT2D eigenvalue weighted by Crippen LogP contribution is 2.24. The van der Waals surface area contributed by atoms with E-state index in [4.69, 9.17) is 0 Å². The fourth-order valence-corrected chi connectivity index (χ4v) is 4.59. The quantitative estimate of drug-likeness (QED) is 0.223. The highest BCUT2D eigenvalue weighted by Gasteiger charge is 2.25. The van der Waals surface area contributed by atoms with Gasteiger partial charge in [-0.25, -0.2) is 0 Å². The third-order valence-electron chi connectivity index (χ3n) is 6.51. The van der Waals surface area contributed by atoms with Gasteiger partial charge >= 0.3 is 0 Å². The van der Waals surface area contributed by atoms with E-state index in [2.05, 4.69) is 66.4 Å². The minimum Gasteiger partial charge on any atom is -0.356 e. The van der Waals surface area contributed by atoms with Gasteiger partial charge in [-0.3, -0.25) is 0 Å². The predicted molar refractivity (Wildman–Crippen MR) is 132 cm³/mol. The number of nitrogens with zero attached hydrogens (tertiary/aromatic N) is 2. The smallest absolute Gasteiger partial charge is 0.101 e. The van der Waals surface area contributed by atoms with E-state index in [0.29, 0.717) is 6.17 Å².